The van der Waals surface area contributed by atoms with Gasteiger partial charge in [0.25, 0.3) is 5.91 Å². The summed E-state index contributed by atoms with van der Waals surface area (Å²) in [7, 11) is 0. The SMILES string of the molecule is NC(=O)N1C(=O)/C(=C(/OC(=O)/C=C/c2ccccc2)c2cccs2)c2cc(F)c(Cl)cc21. The number of thiophene rings is 1. The lowest BCUT2D eigenvalue weighted by atomic mass is 10.0. The second kappa shape index (κ2) is 8.78. The number of urea groups is 1. The zero-order valence-electron chi connectivity index (χ0n) is 16.2. The summed E-state index contributed by atoms with van der Waals surface area (Å²) in [5.41, 5.74) is 6.03. The third-order valence-corrected chi connectivity index (χ3v) is 5.73. The third kappa shape index (κ3) is 4.05. The van der Waals surface area contributed by atoms with E-state index in [2.05, 4.69) is 0 Å². The molecule has 0 spiro atoms. The van der Waals surface area contributed by atoms with Gasteiger partial charge in [-0.05, 0) is 35.2 Å². The van der Waals surface area contributed by atoms with E-state index in [0.717, 1.165) is 17.7 Å². The normalized spacial score (nSPS) is 14.6. The largest absolute Gasteiger partial charge is 0.421 e. The first-order chi connectivity index (χ1) is 15.4. The van der Waals surface area contributed by atoms with Crippen LogP contribution in [0.1, 0.15) is 16.0 Å². The first kappa shape index (κ1) is 21.5. The van der Waals surface area contributed by atoms with E-state index in [1.807, 2.05) is 18.2 Å². The van der Waals surface area contributed by atoms with Gasteiger partial charge in [0, 0.05) is 11.6 Å². The number of imide groups is 1. The van der Waals surface area contributed by atoms with Crippen LogP contribution in [0.2, 0.25) is 5.02 Å². The lowest BCUT2D eigenvalue weighted by Gasteiger charge is -2.12. The van der Waals surface area contributed by atoms with E-state index < -0.39 is 23.7 Å². The molecule has 160 valence electrons. The molecule has 4 rings (SSSR count). The Hall–Kier alpha value is -3.75. The van der Waals surface area contributed by atoms with Gasteiger partial charge in [0.2, 0.25) is 0 Å². The van der Waals surface area contributed by atoms with Crippen molar-refractivity contribution >= 4 is 63.9 Å². The first-order valence-electron chi connectivity index (χ1n) is 9.23. The fraction of sp³-hybridized carbons (Fsp3) is 0. The van der Waals surface area contributed by atoms with Gasteiger partial charge < -0.3 is 10.5 Å². The number of halogens is 2. The van der Waals surface area contributed by atoms with E-state index in [1.54, 1.807) is 35.7 Å². The Morgan fingerprint density at radius 3 is 2.53 bits per heavy atom. The number of fused-ring (bicyclic) bond motifs is 1. The number of primary amides is 1. The molecule has 0 fully saturated rings. The number of hydrogen-bond acceptors (Lipinski definition) is 5. The van der Waals surface area contributed by atoms with E-state index in [-0.39, 0.29) is 27.6 Å². The zero-order valence-corrected chi connectivity index (χ0v) is 17.8. The number of nitrogens with zero attached hydrogens (tertiary/aromatic N) is 1. The van der Waals surface area contributed by atoms with Crippen LogP contribution in [0.5, 0.6) is 0 Å². The maximum absolute atomic E-state index is 14.3. The van der Waals surface area contributed by atoms with Crippen molar-refractivity contribution in [2.75, 3.05) is 4.90 Å². The Bertz CT molecular complexity index is 1290. The molecule has 2 aromatic carbocycles. The Morgan fingerprint density at radius 1 is 1.12 bits per heavy atom. The molecule has 1 aliphatic heterocycles. The minimum atomic E-state index is -1.07. The second-order valence-electron chi connectivity index (χ2n) is 6.61. The smallest absolute Gasteiger partial charge is 0.336 e. The lowest BCUT2D eigenvalue weighted by Crippen LogP contribution is -2.38. The summed E-state index contributed by atoms with van der Waals surface area (Å²) < 4.78 is 19.8. The molecule has 0 bridgehead atoms. The first-order valence-corrected chi connectivity index (χ1v) is 10.5. The summed E-state index contributed by atoms with van der Waals surface area (Å²) in [5.74, 6) is -2.52. The summed E-state index contributed by atoms with van der Waals surface area (Å²) in [6.45, 7) is 0. The van der Waals surface area contributed by atoms with Crippen molar-refractivity contribution in [1.29, 1.82) is 0 Å². The van der Waals surface area contributed by atoms with Crippen molar-refractivity contribution in [2.45, 2.75) is 0 Å². The Kier molecular flexibility index (Phi) is 5.89. The van der Waals surface area contributed by atoms with Gasteiger partial charge in [0.1, 0.15) is 5.82 Å². The van der Waals surface area contributed by atoms with Gasteiger partial charge in [-0.25, -0.2) is 18.9 Å². The standard InChI is InChI=1S/C23H14ClFN2O4S/c24-15-12-17-14(11-16(15)25)20(22(29)27(17)23(26)30)21(18-7-4-10-32-18)31-19(28)9-8-13-5-2-1-3-6-13/h1-12H,(H2,26,30)/b9-8+,21-20+. The highest BCUT2D eigenvalue weighted by Gasteiger charge is 2.40. The van der Waals surface area contributed by atoms with Crippen molar-refractivity contribution < 1.29 is 23.5 Å². The third-order valence-electron chi connectivity index (χ3n) is 4.57. The fourth-order valence-electron chi connectivity index (χ4n) is 3.19. The van der Waals surface area contributed by atoms with Gasteiger partial charge >= 0.3 is 12.0 Å². The molecular weight excluding hydrogens is 455 g/mol. The highest BCUT2D eigenvalue weighted by molar-refractivity contribution is 7.11. The molecule has 0 saturated carbocycles. The van der Waals surface area contributed by atoms with Crippen molar-refractivity contribution in [3.05, 3.63) is 92.9 Å². The van der Waals surface area contributed by atoms with Gasteiger partial charge in [-0.3, -0.25) is 4.79 Å². The highest BCUT2D eigenvalue weighted by atomic mass is 35.5. The number of ether oxygens (including phenoxy) is 1. The lowest BCUT2D eigenvalue weighted by molar-refractivity contribution is -0.131. The van der Waals surface area contributed by atoms with Crippen molar-refractivity contribution in [1.82, 2.24) is 0 Å². The number of benzene rings is 2. The molecule has 0 aliphatic carbocycles. The van der Waals surface area contributed by atoms with Crippen LogP contribution in [0.25, 0.3) is 17.4 Å². The minimum absolute atomic E-state index is 0.00818. The van der Waals surface area contributed by atoms with E-state index in [1.165, 1.54) is 17.4 Å². The van der Waals surface area contributed by atoms with E-state index in [0.29, 0.717) is 9.78 Å². The molecular formula is C23H14ClFN2O4S. The van der Waals surface area contributed by atoms with E-state index >= 15 is 0 Å². The van der Waals surface area contributed by atoms with Crippen LogP contribution in [0.15, 0.2) is 66.1 Å². The van der Waals surface area contributed by atoms with Crippen LogP contribution in [0.3, 0.4) is 0 Å². The van der Waals surface area contributed by atoms with E-state index in [9.17, 15) is 18.8 Å². The van der Waals surface area contributed by atoms with Crippen molar-refractivity contribution in [2.24, 2.45) is 5.73 Å². The molecule has 0 saturated heterocycles. The molecule has 0 radical (unpaired) electrons. The summed E-state index contributed by atoms with van der Waals surface area (Å²) in [5, 5.41) is 1.43. The van der Waals surface area contributed by atoms with E-state index in [4.69, 9.17) is 22.1 Å². The van der Waals surface area contributed by atoms with Crippen molar-refractivity contribution in [3.63, 3.8) is 0 Å². The van der Waals surface area contributed by atoms with Crippen LogP contribution < -0.4 is 10.6 Å². The highest BCUT2D eigenvalue weighted by Crippen LogP contribution is 2.44. The van der Waals surface area contributed by atoms with Crippen molar-refractivity contribution in [3.8, 4) is 0 Å². The predicted octanol–water partition coefficient (Wildman–Crippen LogP) is 5.09. The number of carbonyl (C=O) groups is 3. The molecule has 0 unspecified atom stereocenters. The number of rotatable bonds is 4. The summed E-state index contributed by atoms with van der Waals surface area (Å²) in [6, 6.07) is 13.5. The monoisotopic (exact) mass is 468 g/mol. The average Bonchev–Trinajstić information content (AvgIpc) is 3.38. The molecule has 1 aliphatic rings. The van der Waals surface area contributed by atoms with Crippen LogP contribution in [0, 0.1) is 5.82 Å². The molecule has 2 heterocycles. The summed E-state index contributed by atoms with van der Waals surface area (Å²) >= 11 is 7.05. The molecule has 32 heavy (non-hydrogen) atoms. The maximum atomic E-state index is 14.3. The molecule has 0 atom stereocenters. The number of carbonyl (C=O) groups excluding carboxylic acids is 3. The zero-order chi connectivity index (χ0) is 22.8. The summed E-state index contributed by atoms with van der Waals surface area (Å²) in [6.07, 6.45) is 2.76. The number of anilines is 1. The number of hydrogen-bond donors (Lipinski definition) is 1. The van der Waals surface area contributed by atoms with Crippen LogP contribution in [-0.4, -0.2) is 17.9 Å². The van der Waals surface area contributed by atoms with Crippen LogP contribution >= 0.6 is 22.9 Å². The van der Waals surface area contributed by atoms with Gasteiger partial charge in [0.15, 0.2) is 5.76 Å². The molecule has 3 aromatic rings. The van der Waals surface area contributed by atoms with Gasteiger partial charge in [0.05, 0.1) is 21.2 Å². The minimum Gasteiger partial charge on any atom is -0.421 e. The fourth-order valence-corrected chi connectivity index (χ4v) is 4.06. The Morgan fingerprint density at radius 2 is 1.88 bits per heavy atom. The Balaban J connectivity index is 1.83. The average molecular weight is 469 g/mol. The van der Waals surface area contributed by atoms with Crippen LogP contribution in [-0.2, 0) is 14.3 Å². The molecule has 3 amide bonds. The maximum Gasteiger partial charge on any atom is 0.336 e. The number of amides is 3. The molecule has 2 N–H and O–H groups in total. The van der Waals surface area contributed by atoms with Gasteiger partial charge in [-0.1, -0.05) is 48.0 Å². The number of esters is 1. The molecule has 1 aromatic heterocycles. The molecule has 6 nitrogen and oxygen atoms in total. The van der Waals surface area contributed by atoms with Crippen LogP contribution in [0.4, 0.5) is 14.9 Å². The quantitative estimate of drug-likeness (QED) is 0.328. The molecule has 9 heteroatoms. The summed E-state index contributed by atoms with van der Waals surface area (Å²) in [4.78, 5) is 38.8. The predicted molar refractivity (Wildman–Crippen MR) is 121 cm³/mol. The second-order valence-corrected chi connectivity index (χ2v) is 7.96. The Labute approximate surface area is 191 Å². The topological polar surface area (TPSA) is 89.7 Å². The van der Waals surface area contributed by atoms with Gasteiger partial charge in [-0.2, -0.15) is 0 Å². The van der Waals surface area contributed by atoms with Gasteiger partial charge in [-0.15, -0.1) is 11.3 Å². The number of nitrogens with two attached hydrogens (primary N) is 1.